The van der Waals surface area contributed by atoms with E-state index in [9.17, 15) is 0 Å². The molecule has 0 fully saturated rings. The summed E-state index contributed by atoms with van der Waals surface area (Å²) in [6, 6.07) is 0. The van der Waals surface area contributed by atoms with Crippen molar-refractivity contribution in [1.82, 2.24) is 9.78 Å². The average molecular weight is 162 g/mol. The van der Waals surface area contributed by atoms with Crippen LogP contribution in [0.4, 0.5) is 0 Å². The van der Waals surface area contributed by atoms with Crippen molar-refractivity contribution in [2.75, 3.05) is 0 Å². The molecule has 0 spiro atoms. The van der Waals surface area contributed by atoms with Gasteiger partial charge in [0.1, 0.15) is 6.54 Å². The third-order valence-corrected chi connectivity index (χ3v) is 2.13. The molecule has 0 aliphatic heterocycles. The Morgan fingerprint density at radius 2 is 2.17 bits per heavy atom. The lowest BCUT2D eigenvalue weighted by Gasteiger charge is -1.98. The molecule has 2 nitrogen and oxygen atoms in total. The molecule has 64 valence electrons. The van der Waals surface area contributed by atoms with E-state index >= 15 is 0 Å². The molecule has 0 N–H and O–H groups in total. The molecule has 0 saturated carbocycles. The minimum Gasteiger partial charge on any atom is -0.257 e. The lowest BCUT2D eigenvalue weighted by molar-refractivity contribution is 0.683. The van der Waals surface area contributed by atoms with E-state index in [-0.39, 0.29) is 0 Å². The maximum Gasteiger partial charge on any atom is 0.102 e. The predicted molar refractivity (Wildman–Crippen MR) is 49.9 cm³/mol. The Morgan fingerprint density at radius 3 is 2.58 bits per heavy atom. The minimum absolute atomic E-state index is 0.576. The molecule has 2 heteroatoms. The Bertz CT molecular complexity index is 315. The number of rotatable bonds is 2. The van der Waals surface area contributed by atoms with Gasteiger partial charge in [-0.2, -0.15) is 5.10 Å². The lowest BCUT2D eigenvalue weighted by Crippen LogP contribution is -2.00. The van der Waals surface area contributed by atoms with Crippen LogP contribution in [0.25, 0.3) is 0 Å². The van der Waals surface area contributed by atoms with Crippen molar-refractivity contribution in [2.24, 2.45) is 0 Å². The molecule has 0 aromatic carbocycles. The largest absolute Gasteiger partial charge is 0.257 e. The number of hydrogen-bond acceptors (Lipinski definition) is 1. The smallest absolute Gasteiger partial charge is 0.102 e. The number of aromatic nitrogens is 2. The standard InChI is InChI=1S/C10H14N2/c1-5-7-12-9(4)10(6-2)8(3)11-12/h1H,6-7H2,2-4H3. The Hall–Kier alpha value is -1.23. The van der Waals surface area contributed by atoms with Crippen LogP contribution in [0.2, 0.25) is 0 Å². The van der Waals surface area contributed by atoms with Gasteiger partial charge in [-0.1, -0.05) is 12.8 Å². The second-order valence-corrected chi connectivity index (χ2v) is 2.86. The van der Waals surface area contributed by atoms with Crippen LogP contribution in [-0.4, -0.2) is 9.78 Å². The minimum atomic E-state index is 0.576. The molecule has 0 saturated heterocycles. The summed E-state index contributed by atoms with van der Waals surface area (Å²) in [5.41, 5.74) is 3.63. The fraction of sp³-hybridized carbons (Fsp3) is 0.500. The molecule has 0 amide bonds. The molecule has 0 atom stereocenters. The summed E-state index contributed by atoms with van der Waals surface area (Å²) < 4.78 is 1.88. The molecule has 1 heterocycles. The van der Waals surface area contributed by atoms with Crippen LogP contribution >= 0.6 is 0 Å². The van der Waals surface area contributed by atoms with Crippen molar-refractivity contribution in [2.45, 2.75) is 33.7 Å². The van der Waals surface area contributed by atoms with Gasteiger partial charge in [-0.3, -0.25) is 4.68 Å². The Balaban J connectivity index is 3.10. The molecule has 1 rings (SSSR count). The summed E-state index contributed by atoms with van der Waals surface area (Å²) in [7, 11) is 0. The van der Waals surface area contributed by atoms with E-state index in [0.29, 0.717) is 6.54 Å². The van der Waals surface area contributed by atoms with Crippen LogP contribution in [0, 0.1) is 26.2 Å². The summed E-state index contributed by atoms with van der Waals surface area (Å²) in [6.07, 6.45) is 6.25. The van der Waals surface area contributed by atoms with Crippen LogP contribution in [0.5, 0.6) is 0 Å². The zero-order valence-corrected chi connectivity index (χ0v) is 7.89. The fourth-order valence-electron chi connectivity index (χ4n) is 1.49. The van der Waals surface area contributed by atoms with Gasteiger partial charge in [0.25, 0.3) is 0 Å². The molecule has 0 radical (unpaired) electrons. The number of terminal acetylenes is 1. The molecular formula is C10H14N2. The molecule has 0 unspecified atom stereocenters. The number of nitrogens with zero attached hydrogens (tertiary/aromatic N) is 2. The Labute approximate surface area is 73.6 Å². The summed E-state index contributed by atoms with van der Waals surface area (Å²) in [5, 5.41) is 4.34. The lowest BCUT2D eigenvalue weighted by atomic mass is 10.1. The first-order valence-corrected chi connectivity index (χ1v) is 4.17. The van der Waals surface area contributed by atoms with Crippen LogP contribution in [0.3, 0.4) is 0 Å². The molecule has 1 aromatic heterocycles. The topological polar surface area (TPSA) is 17.8 Å². The van der Waals surface area contributed by atoms with Crippen molar-refractivity contribution in [3.63, 3.8) is 0 Å². The van der Waals surface area contributed by atoms with Crippen LogP contribution in [0.1, 0.15) is 23.9 Å². The van der Waals surface area contributed by atoms with Crippen molar-refractivity contribution in [1.29, 1.82) is 0 Å². The van der Waals surface area contributed by atoms with Gasteiger partial charge in [-0.25, -0.2) is 0 Å². The highest BCUT2D eigenvalue weighted by molar-refractivity contribution is 5.24. The van der Waals surface area contributed by atoms with Gasteiger partial charge in [-0.15, -0.1) is 6.42 Å². The summed E-state index contributed by atoms with van der Waals surface area (Å²) >= 11 is 0. The summed E-state index contributed by atoms with van der Waals surface area (Å²) in [5.74, 6) is 2.59. The number of aryl methyl sites for hydroxylation is 1. The van der Waals surface area contributed by atoms with Gasteiger partial charge < -0.3 is 0 Å². The van der Waals surface area contributed by atoms with Crippen molar-refractivity contribution in [3.8, 4) is 12.3 Å². The molecule has 12 heavy (non-hydrogen) atoms. The first kappa shape index (κ1) is 8.86. The van der Waals surface area contributed by atoms with Crippen molar-refractivity contribution < 1.29 is 0 Å². The van der Waals surface area contributed by atoms with Gasteiger partial charge in [0, 0.05) is 5.69 Å². The van der Waals surface area contributed by atoms with E-state index in [1.54, 1.807) is 0 Å². The number of hydrogen-bond donors (Lipinski definition) is 0. The van der Waals surface area contributed by atoms with E-state index in [0.717, 1.165) is 12.1 Å². The van der Waals surface area contributed by atoms with E-state index in [1.165, 1.54) is 11.3 Å². The van der Waals surface area contributed by atoms with Gasteiger partial charge in [-0.05, 0) is 25.8 Å². The Morgan fingerprint density at radius 1 is 1.50 bits per heavy atom. The van der Waals surface area contributed by atoms with Crippen LogP contribution in [-0.2, 0) is 13.0 Å². The molecule has 0 aliphatic carbocycles. The zero-order valence-electron chi connectivity index (χ0n) is 7.89. The maximum atomic E-state index is 5.22. The highest BCUT2D eigenvalue weighted by Crippen LogP contribution is 2.12. The van der Waals surface area contributed by atoms with Crippen LogP contribution < -0.4 is 0 Å². The SMILES string of the molecule is C#CCn1nc(C)c(CC)c1C. The first-order valence-electron chi connectivity index (χ1n) is 4.17. The molecular weight excluding hydrogens is 148 g/mol. The highest BCUT2D eigenvalue weighted by Gasteiger charge is 2.07. The van der Waals surface area contributed by atoms with E-state index in [4.69, 9.17) is 6.42 Å². The first-order chi connectivity index (χ1) is 5.70. The quantitative estimate of drug-likeness (QED) is 0.605. The van der Waals surface area contributed by atoms with Gasteiger partial charge in [0.15, 0.2) is 0 Å². The zero-order chi connectivity index (χ0) is 9.14. The van der Waals surface area contributed by atoms with Gasteiger partial charge in [0.05, 0.1) is 5.69 Å². The predicted octanol–water partition coefficient (Wildman–Crippen LogP) is 1.70. The molecule has 1 aromatic rings. The normalized spacial score (nSPS) is 9.83. The summed E-state index contributed by atoms with van der Waals surface area (Å²) in [6.45, 7) is 6.80. The monoisotopic (exact) mass is 162 g/mol. The second-order valence-electron chi connectivity index (χ2n) is 2.86. The molecule has 0 aliphatic rings. The van der Waals surface area contributed by atoms with E-state index in [2.05, 4.69) is 24.9 Å². The highest BCUT2D eigenvalue weighted by atomic mass is 15.3. The summed E-state index contributed by atoms with van der Waals surface area (Å²) in [4.78, 5) is 0. The van der Waals surface area contributed by atoms with E-state index < -0.39 is 0 Å². The van der Waals surface area contributed by atoms with Crippen molar-refractivity contribution >= 4 is 0 Å². The average Bonchev–Trinajstić information content (AvgIpc) is 2.29. The van der Waals surface area contributed by atoms with Crippen molar-refractivity contribution in [3.05, 3.63) is 17.0 Å². The van der Waals surface area contributed by atoms with Gasteiger partial charge in [0.2, 0.25) is 0 Å². The van der Waals surface area contributed by atoms with Gasteiger partial charge >= 0.3 is 0 Å². The fourth-order valence-corrected chi connectivity index (χ4v) is 1.49. The third kappa shape index (κ3) is 1.35. The second kappa shape index (κ2) is 3.44. The molecule has 0 bridgehead atoms. The Kier molecular flexibility index (Phi) is 2.54. The van der Waals surface area contributed by atoms with E-state index in [1.807, 2.05) is 11.6 Å². The maximum absolute atomic E-state index is 5.22. The third-order valence-electron chi connectivity index (χ3n) is 2.13. The van der Waals surface area contributed by atoms with Crippen LogP contribution in [0.15, 0.2) is 0 Å².